The Labute approximate surface area is 290 Å². The molecule has 0 aromatic rings. The molecule has 0 saturated carbocycles. The number of hydrogen-bond acceptors (Lipinski definition) is 15. The van der Waals surface area contributed by atoms with E-state index in [0.29, 0.717) is 38.8 Å². The maximum absolute atomic E-state index is 13.8. The summed E-state index contributed by atoms with van der Waals surface area (Å²) in [5, 5.41) is 30.9. The Kier molecular flexibility index (Phi) is 18.3. The van der Waals surface area contributed by atoms with Crippen molar-refractivity contribution in [3.05, 3.63) is 0 Å². The van der Waals surface area contributed by atoms with Crippen molar-refractivity contribution in [2.45, 2.75) is 100 Å². The van der Waals surface area contributed by atoms with Gasteiger partial charge >= 0.3 is 0 Å². The molecule has 7 atom stereocenters. The summed E-state index contributed by atoms with van der Waals surface area (Å²) in [6, 6.07) is -6.52. The molecule has 280 valence electrons. The van der Waals surface area contributed by atoms with E-state index < -0.39 is 78.6 Å². The molecule has 2 aliphatic heterocycles. The molecule has 21 nitrogen and oxygen atoms in total. The third-order valence-electron chi connectivity index (χ3n) is 7.77. The van der Waals surface area contributed by atoms with Crippen LogP contribution in [0.3, 0.4) is 0 Å². The number of amidine groups is 2. The van der Waals surface area contributed by atoms with Crippen molar-refractivity contribution in [1.29, 1.82) is 0 Å². The zero-order chi connectivity index (χ0) is 37.1. The Morgan fingerprint density at radius 3 is 1.88 bits per heavy atom. The number of amides is 4. The summed E-state index contributed by atoms with van der Waals surface area (Å²) >= 11 is 0. The number of nitrogens with two attached hydrogens (primary N) is 6. The molecule has 0 aromatic heterocycles. The van der Waals surface area contributed by atoms with Crippen LogP contribution in [0.2, 0.25) is 0 Å². The lowest BCUT2D eigenvalue weighted by Crippen LogP contribution is -2.57. The molecule has 1 unspecified atom stereocenters. The molecule has 21 heteroatoms. The lowest BCUT2D eigenvalue weighted by atomic mass is 10.0. The summed E-state index contributed by atoms with van der Waals surface area (Å²) in [6.07, 6.45) is 3.83. The Bertz CT molecular complexity index is 1270. The molecule has 18 N–H and O–H groups in total. The zero-order valence-electron chi connectivity index (χ0n) is 28.1. The van der Waals surface area contributed by atoms with Gasteiger partial charge in [-0.05, 0) is 64.5 Å². The maximum Gasteiger partial charge on any atom is 0.247 e. The summed E-state index contributed by atoms with van der Waals surface area (Å²) < 4.78 is 0. The fraction of sp³-hybridized carbons (Fsp3) is 0.690. The molecule has 0 saturated heterocycles. The number of nitrogens with one attached hydrogen (secondary N) is 4. The first-order chi connectivity index (χ1) is 23.9. The second-order valence-corrected chi connectivity index (χ2v) is 11.8. The molecule has 0 aromatic carbocycles. The fourth-order valence-electron chi connectivity index (χ4n) is 5.01. The number of aliphatic imine (C=N–C) groups is 5. The zero-order valence-corrected chi connectivity index (χ0v) is 28.1. The van der Waals surface area contributed by atoms with Crippen LogP contribution in [-0.4, -0.2) is 133 Å². The van der Waals surface area contributed by atoms with Crippen molar-refractivity contribution in [2.24, 2.45) is 59.4 Å². The summed E-state index contributed by atoms with van der Waals surface area (Å²) in [5.41, 5.74) is 34.6. The summed E-state index contributed by atoms with van der Waals surface area (Å²) in [7, 11) is 0. The third kappa shape index (κ3) is 14.4. The molecule has 4 amide bonds. The number of hydrogen-bond donors (Lipinski definition) is 12. The van der Waals surface area contributed by atoms with Crippen LogP contribution in [0.4, 0.5) is 0 Å². The first-order valence-electron chi connectivity index (χ1n) is 16.6. The molecule has 0 aliphatic carbocycles. The third-order valence-corrected chi connectivity index (χ3v) is 7.77. The second-order valence-electron chi connectivity index (χ2n) is 11.8. The summed E-state index contributed by atoms with van der Waals surface area (Å²) in [5.74, 6) is -3.90. The van der Waals surface area contributed by atoms with Crippen LogP contribution in [-0.2, 0) is 19.2 Å². The molecule has 0 spiro atoms. The van der Waals surface area contributed by atoms with Crippen molar-refractivity contribution in [3.63, 3.8) is 0 Å². The lowest BCUT2D eigenvalue weighted by Gasteiger charge is -2.27. The molecule has 2 heterocycles. The molecule has 50 heavy (non-hydrogen) atoms. The van der Waals surface area contributed by atoms with Gasteiger partial charge in [-0.1, -0.05) is 0 Å². The van der Waals surface area contributed by atoms with E-state index in [1.807, 2.05) is 0 Å². The lowest BCUT2D eigenvalue weighted by molar-refractivity contribution is -0.131. The van der Waals surface area contributed by atoms with E-state index >= 15 is 0 Å². The first kappa shape index (κ1) is 41.4. The standard InChI is InChI=1S/C29H53N15O6/c30-9-3-1-6-17-24(46)41-18(7-2-4-10-31)26(48)44-28(50)23(33)40-21(14-45)27(49)42-19(8-5-11-37-29(34)35)25(47)43-20(22(32)39-17)12-16-13-36-15-38-16/h13,15-21,28,45,50H,1-12,14,30-31H2,(H2,32,39)(H2,33,40)(H,41,46)(H,42,49)(H,43,47)(H,44,48)(H4,34,35,37)/t16?,17-,18-,19-,20-,21-,28+/m0/s1. The van der Waals surface area contributed by atoms with Gasteiger partial charge in [-0.2, -0.15) is 0 Å². The highest BCUT2D eigenvalue weighted by molar-refractivity contribution is 5.98. The van der Waals surface area contributed by atoms with Crippen molar-refractivity contribution < 1.29 is 29.4 Å². The normalized spacial score (nSPS) is 26.8. The Hall–Kier alpha value is -4.73. The van der Waals surface area contributed by atoms with Gasteiger partial charge in [0.25, 0.3) is 0 Å². The van der Waals surface area contributed by atoms with Crippen molar-refractivity contribution in [1.82, 2.24) is 21.3 Å². The fourth-order valence-corrected chi connectivity index (χ4v) is 5.01. The molecule has 0 fully saturated rings. The molecule has 2 rings (SSSR count). The average Bonchev–Trinajstić information content (AvgIpc) is 3.59. The van der Waals surface area contributed by atoms with Crippen molar-refractivity contribution in [3.8, 4) is 0 Å². The van der Waals surface area contributed by atoms with E-state index in [9.17, 15) is 29.4 Å². The highest BCUT2D eigenvalue weighted by Gasteiger charge is 2.32. The Balaban J connectivity index is 2.61. The number of rotatable bonds is 15. The van der Waals surface area contributed by atoms with Crippen LogP contribution in [0.25, 0.3) is 0 Å². The minimum atomic E-state index is -1.90. The SMILES string of the molecule is NCCCC[C@@H]1N=C(N)[C@H](CC2C=NC=N2)NC(=O)[C@H](CCCN=C(N)N)NC(=O)[C@H](CO)N=C(N)[C@@H](O)NC(=O)[C@H](CCCCN)NC1=O. The molecule has 2 aliphatic rings. The molecular weight excluding hydrogens is 654 g/mol. The number of nitrogens with zero attached hydrogens (tertiary/aromatic N) is 5. The van der Waals surface area contributed by atoms with Gasteiger partial charge < -0.3 is 65.9 Å². The van der Waals surface area contributed by atoms with E-state index in [1.54, 1.807) is 6.21 Å². The van der Waals surface area contributed by atoms with Crippen LogP contribution >= 0.6 is 0 Å². The smallest absolute Gasteiger partial charge is 0.247 e. The highest BCUT2D eigenvalue weighted by atomic mass is 16.3. The number of guanidine groups is 1. The minimum Gasteiger partial charge on any atom is -0.394 e. The summed E-state index contributed by atoms with van der Waals surface area (Å²) in [6.45, 7) is -0.0170. The first-order valence-corrected chi connectivity index (χ1v) is 16.6. The van der Waals surface area contributed by atoms with E-state index in [0.717, 1.165) is 0 Å². The minimum absolute atomic E-state index is 0.0346. The number of aliphatic hydroxyl groups excluding tert-OH is 2. The topological polar surface area (TPSA) is 375 Å². The summed E-state index contributed by atoms with van der Waals surface area (Å²) in [4.78, 5) is 74.6. The van der Waals surface area contributed by atoms with Crippen LogP contribution in [0.5, 0.6) is 0 Å². The quantitative estimate of drug-likeness (QED) is 0.0431. The van der Waals surface area contributed by atoms with E-state index in [4.69, 9.17) is 34.4 Å². The number of carbonyl (C=O) groups excluding carboxylic acids is 4. The number of aliphatic hydroxyl groups is 2. The van der Waals surface area contributed by atoms with Gasteiger partial charge in [-0.15, -0.1) is 0 Å². The van der Waals surface area contributed by atoms with Gasteiger partial charge in [0.2, 0.25) is 23.6 Å². The molecule has 0 radical (unpaired) electrons. The molecule has 0 bridgehead atoms. The maximum atomic E-state index is 13.8. The van der Waals surface area contributed by atoms with E-state index in [-0.39, 0.29) is 50.4 Å². The van der Waals surface area contributed by atoms with Gasteiger partial charge in [0.05, 0.1) is 18.7 Å². The number of carbonyl (C=O) groups is 4. The highest BCUT2D eigenvalue weighted by Crippen LogP contribution is 2.12. The van der Waals surface area contributed by atoms with Crippen LogP contribution in [0.1, 0.15) is 57.8 Å². The predicted octanol–water partition coefficient (Wildman–Crippen LogP) is -5.48. The van der Waals surface area contributed by atoms with Crippen LogP contribution < -0.4 is 55.7 Å². The van der Waals surface area contributed by atoms with Crippen LogP contribution in [0, 0.1) is 0 Å². The van der Waals surface area contributed by atoms with Gasteiger partial charge in [0, 0.05) is 19.2 Å². The van der Waals surface area contributed by atoms with E-state index in [2.05, 4.69) is 46.2 Å². The number of unbranched alkanes of at least 4 members (excludes halogenated alkanes) is 2. The van der Waals surface area contributed by atoms with Crippen LogP contribution in [0.15, 0.2) is 25.0 Å². The second kappa shape index (κ2) is 22.1. The van der Waals surface area contributed by atoms with Gasteiger partial charge in [-0.25, -0.2) is 4.99 Å². The van der Waals surface area contributed by atoms with Gasteiger partial charge in [-0.3, -0.25) is 39.1 Å². The Morgan fingerprint density at radius 2 is 1.30 bits per heavy atom. The predicted molar refractivity (Wildman–Crippen MR) is 189 cm³/mol. The average molecular weight is 708 g/mol. The van der Waals surface area contributed by atoms with E-state index in [1.165, 1.54) is 6.34 Å². The van der Waals surface area contributed by atoms with Gasteiger partial charge in [0.1, 0.15) is 36.1 Å². The monoisotopic (exact) mass is 707 g/mol. The Morgan fingerprint density at radius 1 is 0.740 bits per heavy atom. The molecular formula is C29H53N15O6. The largest absolute Gasteiger partial charge is 0.394 e. The van der Waals surface area contributed by atoms with Crippen molar-refractivity contribution >= 4 is 53.8 Å². The van der Waals surface area contributed by atoms with Crippen molar-refractivity contribution in [2.75, 3.05) is 26.2 Å². The van der Waals surface area contributed by atoms with Gasteiger partial charge in [0.15, 0.2) is 18.2 Å².